The molecule has 0 aliphatic carbocycles. The normalized spacial score (nSPS) is 22.2. The van der Waals surface area contributed by atoms with E-state index >= 15 is 0 Å². The van der Waals surface area contributed by atoms with Crippen LogP contribution in [0.4, 0.5) is 10.1 Å². The van der Waals surface area contributed by atoms with Crippen molar-refractivity contribution in [2.45, 2.75) is 26.0 Å². The highest BCUT2D eigenvalue weighted by molar-refractivity contribution is 6.05. The van der Waals surface area contributed by atoms with E-state index in [0.717, 1.165) is 6.54 Å². The highest BCUT2D eigenvalue weighted by Crippen LogP contribution is 2.26. The summed E-state index contributed by atoms with van der Waals surface area (Å²) >= 11 is 0. The van der Waals surface area contributed by atoms with Crippen molar-refractivity contribution >= 4 is 17.5 Å². The number of hydrogen-bond donors (Lipinski definition) is 2. The molecule has 0 bridgehead atoms. The molecule has 0 saturated heterocycles. The molecule has 1 heterocycles. The number of rotatable bonds is 3. The molecule has 2 amide bonds. The zero-order valence-electron chi connectivity index (χ0n) is 18.9. The number of amides is 2. The largest absolute Gasteiger partial charge is 0.491 e. The van der Waals surface area contributed by atoms with Crippen LogP contribution in [0.1, 0.15) is 34.6 Å². The molecule has 8 heteroatoms. The number of halogens is 1. The minimum Gasteiger partial charge on any atom is -0.491 e. The van der Waals surface area contributed by atoms with E-state index in [1.54, 1.807) is 37.3 Å². The Morgan fingerprint density at radius 2 is 2.03 bits per heavy atom. The number of carbonyl (C=O) groups is 2. The van der Waals surface area contributed by atoms with E-state index in [1.165, 1.54) is 24.3 Å². The average Bonchev–Trinajstić information content (AvgIpc) is 2.78. The molecule has 2 N–H and O–H groups in total. The summed E-state index contributed by atoms with van der Waals surface area (Å²) in [6.07, 6.45) is -0.114. The Morgan fingerprint density at radius 3 is 2.75 bits per heavy atom. The summed E-state index contributed by atoms with van der Waals surface area (Å²) in [5, 5.41) is 6.17. The first-order chi connectivity index (χ1) is 15.3. The van der Waals surface area contributed by atoms with Crippen LogP contribution in [0, 0.1) is 11.7 Å². The van der Waals surface area contributed by atoms with Crippen LogP contribution in [0.3, 0.4) is 0 Å². The number of anilines is 1. The van der Waals surface area contributed by atoms with Gasteiger partial charge in [0.15, 0.2) is 0 Å². The van der Waals surface area contributed by atoms with Gasteiger partial charge in [-0.25, -0.2) is 4.39 Å². The number of fused-ring (bicyclic) bond motifs is 1. The number of benzene rings is 2. The first-order valence-electron chi connectivity index (χ1n) is 10.6. The summed E-state index contributed by atoms with van der Waals surface area (Å²) in [6, 6.07) is 10.4. The highest BCUT2D eigenvalue weighted by Gasteiger charge is 2.25. The zero-order valence-corrected chi connectivity index (χ0v) is 18.9. The molecular weight excluding hydrogens is 413 g/mol. The summed E-state index contributed by atoms with van der Waals surface area (Å²) < 4.78 is 25.0. The maximum atomic E-state index is 13.4. The molecular formula is C24H30FN3O4. The lowest BCUT2D eigenvalue weighted by molar-refractivity contribution is 0.0281. The Balaban J connectivity index is 1.87. The Morgan fingerprint density at radius 1 is 1.25 bits per heavy atom. The van der Waals surface area contributed by atoms with Crippen LogP contribution in [0.15, 0.2) is 42.5 Å². The van der Waals surface area contributed by atoms with E-state index < -0.39 is 11.7 Å². The van der Waals surface area contributed by atoms with Gasteiger partial charge in [0.2, 0.25) is 0 Å². The topological polar surface area (TPSA) is 79.9 Å². The lowest BCUT2D eigenvalue weighted by Gasteiger charge is -2.30. The molecule has 32 heavy (non-hydrogen) atoms. The molecule has 3 atom stereocenters. The van der Waals surface area contributed by atoms with Gasteiger partial charge in [-0.15, -0.1) is 0 Å². The Kier molecular flexibility index (Phi) is 7.82. The van der Waals surface area contributed by atoms with Crippen LogP contribution in [0.25, 0.3) is 0 Å². The van der Waals surface area contributed by atoms with Gasteiger partial charge in [0.1, 0.15) is 18.2 Å². The van der Waals surface area contributed by atoms with Gasteiger partial charge in [-0.1, -0.05) is 13.0 Å². The molecule has 2 aromatic rings. The van der Waals surface area contributed by atoms with Crippen molar-refractivity contribution in [2.75, 3.05) is 39.2 Å². The molecule has 172 valence electrons. The van der Waals surface area contributed by atoms with E-state index in [-0.39, 0.29) is 29.5 Å². The van der Waals surface area contributed by atoms with E-state index in [9.17, 15) is 14.0 Å². The molecule has 3 rings (SSSR count). The Labute approximate surface area is 187 Å². The second kappa shape index (κ2) is 10.6. The molecule has 1 aliphatic heterocycles. The number of nitrogens with zero attached hydrogens (tertiary/aromatic N) is 1. The second-order valence-electron chi connectivity index (χ2n) is 8.23. The monoisotopic (exact) mass is 443 g/mol. The lowest BCUT2D eigenvalue weighted by Crippen LogP contribution is -2.44. The van der Waals surface area contributed by atoms with Crippen LogP contribution in [0.2, 0.25) is 0 Å². The van der Waals surface area contributed by atoms with Crippen molar-refractivity contribution in [2.24, 2.45) is 5.92 Å². The maximum Gasteiger partial charge on any atom is 0.257 e. The fourth-order valence-electron chi connectivity index (χ4n) is 3.57. The molecule has 0 saturated carbocycles. The number of methoxy groups -OCH3 is 1. The summed E-state index contributed by atoms with van der Waals surface area (Å²) in [5.74, 6) is -0.559. The van der Waals surface area contributed by atoms with E-state index in [4.69, 9.17) is 9.47 Å². The molecule has 0 spiro atoms. The van der Waals surface area contributed by atoms with Gasteiger partial charge in [-0.3, -0.25) is 9.59 Å². The lowest BCUT2D eigenvalue weighted by atomic mass is 10.0. The molecule has 2 aromatic carbocycles. The third-order valence-corrected chi connectivity index (χ3v) is 5.57. The van der Waals surface area contributed by atoms with Crippen molar-refractivity contribution < 1.29 is 23.5 Å². The van der Waals surface area contributed by atoms with Crippen molar-refractivity contribution in [3.63, 3.8) is 0 Å². The minimum atomic E-state index is -0.489. The van der Waals surface area contributed by atoms with E-state index in [0.29, 0.717) is 30.2 Å². The average molecular weight is 444 g/mol. The third-order valence-electron chi connectivity index (χ3n) is 5.57. The molecule has 0 fully saturated rings. The quantitative estimate of drug-likeness (QED) is 0.762. The van der Waals surface area contributed by atoms with Gasteiger partial charge in [0.25, 0.3) is 11.8 Å². The highest BCUT2D eigenvalue weighted by atomic mass is 19.1. The van der Waals surface area contributed by atoms with Gasteiger partial charge in [0, 0.05) is 50.6 Å². The molecule has 7 nitrogen and oxygen atoms in total. The maximum absolute atomic E-state index is 13.4. The fraction of sp³-hybridized carbons (Fsp3) is 0.417. The van der Waals surface area contributed by atoms with Crippen molar-refractivity contribution in [3.05, 3.63) is 59.4 Å². The zero-order chi connectivity index (χ0) is 23.3. The van der Waals surface area contributed by atoms with E-state index in [1.807, 2.05) is 6.92 Å². The van der Waals surface area contributed by atoms with Gasteiger partial charge < -0.3 is 25.0 Å². The summed E-state index contributed by atoms with van der Waals surface area (Å²) in [4.78, 5) is 27.2. The molecule has 0 radical (unpaired) electrons. The summed E-state index contributed by atoms with van der Waals surface area (Å²) in [6.45, 7) is 5.59. The number of ether oxygens (including phenoxy) is 2. The molecule has 0 unspecified atom stereocenters. The third kappa shape index (κ3) is 5.83. The fourth-order valence-corrected chi connectivity index (χ4v) is 3.57. The van der Waals surface area contributed by atoms with Gasteiger partial charge in [-0.05, 0) is 43.2 Å². The standard InChI is InChI=1S/C24H30FN3O4/c1-15-12-26-16(2)14-32-21-11-19(27-23(29)17-6-5-7-18(25)10-17)8-9-20(21)24(30)28(3)13-22(15)31-4/h5-11,15-16,22,26H,12-14H2,1-4H3,(H,27,29)/t15-,16-,22-/m0/s1. The first-order valence-corrected chi connectivity index (χ1v) is 10.6. The smallest absolute Gasteiger partial charge is 0.257 e. The van der Waals surface area contributed by atoms with E-state index in [2.05, 4.69) is 17.6 Å². The van der Waals surface area contributed by atoms with Gasteiger partial charge in [-0.2, -0.15) is 0 Å². The van der Waals surface area contributed by atoms with Gasteiger partial charge >= 0.3 is 0 Å². The number of hydrogen-bond acceptors (Lipinski definition) is 5. The number of nitrogens with one attached hydrogen (secondary N) is 2. The first kappa shape index (κ1) is 23.7. The van der Waals surface area contributed by atoms with Crippen LogP contribution < -0.4 is 15.4 Å². The van der Waals surface area contributed by atoms with Crippen LogP contribution in [0.5, 0.6) is 5.75 Å². The SMILES string of the molecule is CO[C@H]1CN(C)C(=O)c2ccc(NC(=O)c3cccc(F)c3)cc2OC[C@H](C)NC[C@@H]1C. The predicted octanol–water partition coefficient (Wildman–Crippen LogP) is 3.17. The van der Waals surface area contributed by atoms with Crippen molar-refractivity contribution in [1.29, 1.82) is 0 Å². The number of likely N-dealkylation sites (N-methyl/N-ethyl adjacent to an activating group) is 1. The summed E-state index contributed by atoms with van der Waals surface area (Å²) in [5.41, 5.74) is 1.04. The van der Waals surface area contributed by atoms with Crippen molar-refractivity contribution in [3.8, 4) is 5.75 Å². The summed E-state index contributed by atoms with van der Waals surface area (Å²) in [7, 11) is 3.38. The van der Waals surface area contributed by atoms with Crippen molar-refractivity contribution in [1.82, 2.24) is 10.2 Å². The second-order valence-corrected chi connectivity index (χ2v) is 8.23. The predicted molar refractivity (Wildman–Crippen MR) is 121 cm³/mol. The minimum absolute atomic E-state index is 0.0422. The molecule has 0 aromatic heterocycles. The van der Waals surface area contributed by atoms with Gasteiger partial charge in [0.05, 0.1) is 11.7 Å². The Hall–Kier alpha value is -2.97. The molecule has 1 aliphatic rings. The Bertz CT molecular complexity index is 968. The number of carbonyl (C=O) groups excluding carboxylic acids is 2. The van der Waals surface area contributed by atoms with Crippen LogP contribution in [-0.2, 0) is 4.74 Å². The van der Waals surface area contributed by atoms with Crippen LogP contribution >= 0.6 is 0 Å². The van der Waals surface area contributed by atoms with Crippen LogP contribution in [-0.4, -0.2) is 62.7 Å².